The van der Waals surface area contributed by atoms with Crippen LogP contribution in [0.4, 0.5) is 0 Å². The second-order valence-electron chi connectivity index (χ2n) is 4.90. The lowest BCUT2D eigenvalue weighted by Gasteiger charge is -2.09. The van der Waals surface area contributed by atoms with Gasteiger partial charge in [0, 0.05) is 23.4 Å². The van der Waals surface area contributed by atoms with Crippen LogP contribution >= 0.6 is 10.7 Å². The summed E-state index contributed by atoms with van der Waals surface area (Å²) in [5.74, 6) is 0.482. The largest absolute Gasteiger partial charge is 0.496 e. The average molecular weight is 332 g/mol. The molecule has 0 saturated heterocycles. The Kier molecular flexibility index (Phi) is 4.81. The fourth-order valence-corrected chi connectivity index (χ4v) is 3.26. The summed E-state index contributed by atoms with van der Waals surface area (Å²) in [4.78, 5) is 0.0566. The van der Waals surface area contributed by atoms with E-state index in [1.807, 2.05) is 30.5 Å². The first-order chi connectivity index (χ1) is 9.84. The molecule has 0 saturated carbocycles. The van der Waals surface area contributed by atoms with Crippen LogP contribution in [0.2, 0.25) is 0 Å². The topological polar surface area (TPSA) is 57.5 Å². The van der Waals surface area contributed by atoms with E-state index in [1.165, 1.54) is 13.3 Å². The molecule has 0 bridgehead atoms. The normalized spacial score (nSPS) is 12.2. The van der Waals surface area contributed by atoms with Crippen molar-refractivity contribution in [3.63, 3.8) is 0 Å². The van der Waals surface area contributed by atoms with Crippen LogP contribution in [0.5, 0.6) is 5.75 Å². The van der Waals surface area contributed by atoms with Crippen LogP contribution in [-0.4, -0.2) is 32.8 Å². The maximum atomic E-state index is 11.8. The van der Waals surface area contributed by atoms with Crippen molar-refractivity contribution in [1.29, 1.82) is 0 Å². The van der Waals surface area contributed by atoms with E-state index in [0.717, 1.165) is 5.52 Å². The molecule has 0 amide bonds. The van der Waals surface area contributed by atoms with Gasteiger partial charge in [0.15, 0.2) is 0 Å². The van der Waals surface area contributed by atoms with E-state index in [4.69, 9.17) is 20.2 Å². The second kappa shape index (κ2) is 6.25. The number of benzene rings is 1. The van der Waals surface area contributed by atoms with E-state index in [2.05, 4.69) is 0 Å². The maximum absolute atomic E-state index is 11.8. The van der Waals surface area contributed by atoms with Crippen LogP contribution in [0.3, 0.4) is 0 Å². The van der Waals surface area contributed by atoms with Gasteiger partial charge in [-0.1, -0.05) is 6.07 Å². The van der Waals surface area contributed by atoms with E-state index >= 15 is 0 Å². The number of methoxy groups -OCH3 is 1. The number of halogens is 1. The molecule has 116 valence electrons. The van der Waals surface area contributed by atoms with Gasteiger partial charge >= 0.3 is 0 Å². The minimum Gasteiger partial charge on any atom is -0.496 e. The van der Waals surface area contributed by atoms with E-state index in [9.17, 15) is 8.42 Å². The lowest BCUT2D eigenvalue weighted by Crippen LogP contribution is -2.09. The van der Waals surface area contributed by atoms with Crippen LogP contribution in [-0.2, 0) is 20.3 Å². The summed E-state index contributed by atoms with van der Waals surface area (Å²) in [6.07, 6.45) is 1.65. The highest BCUT2D eigenvalue weighted by atomic mass is 35.7. The number of ether oxygens (including phenoxy) is 2. The second-order valence-corrected chi connectivity index (χ2v) is 7.43. The molecule has 0 radical (unpaired) electrons. The standard InChI is InChI=1S/C14H18ClNO4S/c1-10(2)20-8-7-16-9-13(21(15,17)18)14-11(16)5-4-6-12(14)19-3/h4-6,9-10H,7-8H2,1-3H3. The van der Waals surface area contributed by atoms with Gasteiger partial charge in [-0.05, 0) is 26.0 Å². The quantitative estimate of drug-likeness (QED) is 0.763. The first-order valence-electron chi connectivity index (χ1n) is 6.56. The third-order valence-electron chi connectivity index (χ3n) is 3.10. The molecule has 0 aliphatic rings. The van der Waals surface area contributed by atoms with Gasteiger partial charge in [-0.15, -0.1) is 0 Å². The molecule has 0 spiro atoms. The summed E-state index contributed by atoms with van der Waals surface area (Å²) >= 11 is 0. The maximum Gasteiger partial charge on any atom is 0.263 e. The first kappa shape index (κ1) is 16.1. The molecule has 1 aromatic carbocycles. The molecule has 21 heavy (non-hydrogen) atoms. The molecule has 2 rings (SSSR count). The Morgan fingerprint density at radius 1 is 1.33 bits per heavy atom. The lowest BCUT2D eigenvalue weighted by atomic mass is 10.2. The van der Waals surface area contributed by atoms with Crippen LogP contribution in [0.1, 0.15) is 13.8 Å². The molecule has 0 aliphatic carbocycles. The van der Waals surface area contributed by atoms with Crippen molar-refractivity contribution < 1.29 is 17.9 Å². The highest BCUT2D eigenvalue weighted by Gasteiger charge is 2.21. The van der Waals surface area contributed by atoms with Crippen LogP contribution in [0.25, 0.3) is 10.9 Å². The Hall–Kier alpha value is -1.24. The minimum absolute atomic E-state index is 0.0566. The van der Waals surface area contributed by atoms with Crippen molar-refractivity contribution in [2.75, 3.05) is 13.7 Å². The monoisotopic (exact) mass is 331 g/mol. The molecule has 0 unspecified atom stereocenters. The summed E-state index contributed by atoms with van der Waals surface area (Å²) < 4.78 is 36.1. The van der Waals surface area contributed by atoms with Crippen molar-refractivity contribution in [3.05, 3.63) is 24.4 Å². The van der Waals surface area contributed by atoms with Gasteiger partial charge < -0.3 is 14.0 Å². The fraction of sp³-hybridized carbons (Fsp3) is 0.429. The molecule has 0 fully saturated rings. The zero-order valence-electron chi connectivity index (χ0n) is 12.2. The Balaban J connectivity index is 2.53. The predicted octanol–water partition coefficient (Wildman–Crippen LogP) is 3.00. The number of nitrogens with zero attached hydrogens (tertiary/aromatic N) is 1. The number of hydrogen-bond acceptors (Lipinski definition) is 4. The van der Waals surface area contributed by atoms with Crippen molar-refractivity contribution in [3.8, 4) is 5.75 Å². The van der Waals surface area contributed by atoms with Crippen molar-refractivity contribution in [2.45, 2.75) is 31.4 Å². The highest BCUT2D eigenvalue weighted by Crippen LogP contribution is 2.34. The van der Waals surface area contributed by atoms with Gasteiger partial charge in [-0.25, -0.2) is 8.42 Å². The third kappa shape index (κ3) is 3.51. The molecular weight excluding hydrogens is 314 g/mol. The number of fused-ring (bicyclic) bond motifs is 1. The molecule has 0 aliphatic heterocycles. The Morgan fingerprint density at radius 2 is 2.05 bits per heavy atom. The van der Waals surface area contributed by atoms with Crippen molar-refractivity contribution >= 4 is 30.6 Å². The fourth-order valence-electron chi connectivity index (χ4n) is 2.21. The van der Waals surface area contributed by atoms with Gasteiger partial charge in [-0.2, -0.15) is 0 Å². The summed E-state index contributed by atoms with van der Waals surface area (Å²) in [5.41, 5.74) is 0.751. The van der Waals surface area contributed by atoms with E-state index in [-0.39, 0.29) is 11.0 Å². The predicted molar refractivity (Wildman–Crippen MR) is 82.6 cm³/mol. The Morgan fingerprint density at radius 3 is 2.62 bits per heavy atom. The van der Waals surface area contributed by atoms with Crippen LogP contribution in [0, 0.1) is 0 Å². The number of rotatable bonds is 6. The summed E-state index contributed by atoms with van der Waals surface area (Å²) in [6, 6.07) is 5.35. The van der Waals surface area contributed by atoms with Gasteiger partial charge in [0.05, 0.1) is 30.7 Å². The molecule has 1 heterocycles. The van der Waals surface area contributed by atoms with E-state index < -0.39 is 9.05 Å². The van der Waals surface area contributed by atoms with Gasteiger partial charge in [-0.3, -0.25) is 0 Å². The third-order valence-corrected chi connectivity index (χ3v) is 4.43. The van der Waals surface area contributed by atoms with Crippen LogP contribution in [0.15, 0.2) is 29.3 Å². The zero-order valence-corrected chi connectivity index (χ0v) is 13.7. The van der Waals surface area contributed by atoms with Crippen molar-refractivity contribution in [2.24, 2.45) is 0 Å². The molecule has 1 aromatic heterocycles. The van der Waals surface area contributed by atoms with Gasteiger partial charge in [0.25, 0.3) is 9.05 Å². The Labute approximate surface area is 128 Å². The van der Waals surface area contributed by atoms with E-state index in [0.29, 0.717) is 24.3 Å². The number of aromatic nitrogens is 1. The molecule has 7 heteroatoms. The summed E-state index contributed by atoms with van der Waals surface area (Å²) in [7, 11) is 3.18. The average Bonchev–Trinajstić information content (AvgIpc) is 2.77. The molecule has 2 aromatic rings. The summed E-state index contributed by atoms with van der Waals surface area (Å²) in [5, 5.41) is 0.500. The zero-order chi connectivity index (χ0) is 15.6. The number of hydrogen-bond donors (Lipinski definition) is 0. The first-order valence-corrected chi connectivity index (χ1v) is 8.87. The molecule has 5 nitrogen and oxygen atoms in total. The molecule has 0 atom stereocenters. The van der Waals surface area contributed by atoms with Gasteiger partial charge in [0.2, 0.25) is 0 Å². The minimum atomic E-state index is -3.85. The Bertz CT molecular complexity index is 737. The molecular formula is C14H18ClNO4S. The van der Waals surface area contributed by atoms with Crippen LogP contribution < -0.4 is 4.74 Å². The highest BCUT2D eigenvalue weighted by molar-refractivity contribution is 8.14. The lowest BCUT2D eigenvalue weighted by molar-refractivity contribution is 0.0733. The molecule has 0 N–H and O–H groups in total. The SMILES string of the molecule is COc1cccc2c1c(S(=O)(=O)Cl)cn2CCOC(C)C. The summed E-state index contributed by atoms with van der Waals surface area (Å²) in [6.45, 7) is 4.92. The van der Waals surface area contributed by atoms with Gasteiger partial charge in [0.1, 0.15) is 10.6 Å². The smallest absolute Gasteiger partial charge is 0.263 e. The van der Waals surface area contributed by atoms with Crippen molar-refractivity contribution in [1.82, 2.24) is 4.57 Å². The van der Waals surface area contributed by atoms with E-state index in [1.54, 1.807) is 6.07 Å².